The van der Waals surface area contributed by atoms with Crippen LogP contribution in [0.1, 0.15) is 34.4 Å². The van der Waals surface area contributed by atoms with Crippen LogP contribution in [0.5, 0.6) is 0 Å². The molecule has 3 atom stereocenters. The second-order valence-electron chi connectivity index (χ2n) is 5.80. The van der Waals surface area contributed by atoms with Crippen molar-refractivity contribution in [3.8, 4) is 0 Å². The minimum absolute atomic E-state index is 0.330. The van der Waals surface area contributed by atoms with Crippen LogP contribution in [0.2, 0.25) is 10.0 Å². The van der Waals surface area contributed by atoms with Crippen molar-refractivity contribution < 1.29 is 0 Å². The van der Waals surface area contributed by atoms with Crippen LogP contribution in [-0.4, -0.2) is 0 Å². The summed E-state index contributed by atoms with van der Waals surface area (Å²) in [7, 11) is 0. The number of hydrogen-bond donors (Lipinski definition) is 1. The topological polar surface area (TPSA) is 12.0 Å². The molecular weight excluding hydrogens is 321 g/mol. The number of fused-ring (bicyclic) bond motifs is 3. The molecule has 4 heteroatoms. The van der Waals surface area contributed by atoms with Gasteiger partial charge in [-0.2, -0.15) is 0 Å². The predicted molar refractivity (Wildman–Crippen MR) is 91.9 cm³/mol. The summed E-state index contributed by atoms with van der Waals surface area (Å²) in [6.45, 7) is 2.18. The molecule has 0 amide bonds. The van der Waals surface area contributed by atoms with Crippen molar-refractivity contribution in [2.24, 2.45) is 5.92 Å². The highest BCUT2D eigenvalue weighted by atomic mass is 35.5. The van der Waals surface area contributed by atoms with E-state index in [1.807, 2.05) is 17.4 Å². The Balaban J connectivity index is 1.86. The summed E-state index contributed by atoms with van der Waals surface area (Å²) in [5.41, 5.74) is 3.64. The van der Waals surface area contributed by atoms with Crippen molar-refractivity contribution in [3.63, 3.8) is 0 Å². The molecule has 0 radical (unpaired) electrons. The van der Waals surface area contributed by atoms with E-state index in [4.69, 9.17) is 23.2 Å². The van der Waals surface area contributed by atoms with Crippen molar-refractivity contribution >= 4 is 40.2 Å². The largest absolute Gasteiger partial charge is 0.376 e. The normalized spacial score (nSPS) is 26.3. The molecule has 0 saturated heterocycles. The van der Waals surface area contributed by atoms with Gasteiger partial charge in [0, 0.05) is 15.8 Å². The molecule has 1 N–H and O–H groups in total. The van der Waals surface area contributed by atoms with E-state index in [0.29, 0.717) is 22.9 Å². The first-order valence-electron chi connectivity index (χ1n) is 7.11. The van der Waals surface area contributed by atoms with Crippen molar-refractivity contribution in [3.05, 3.63) is 61.8 Å². The maximum Gasteiger partial charge on any atom is 0.0655 e. The van der Waals surface area contributed by atoms with Gasteiger partial charge in [-0.25, -0.2) is 0 Å². The Kier molecular flexibility index (Phi) is 3.29. The highest BCUT2D eigenvalue weighted by Crippen LogP contribution is 2.53. The highest BCUT2D eigenvalue weighted by Gasteiger charge is 2.39. The lowest BCUT2D eigenvalue weighted by atomic mass is 9.78. The molecule has 0 saturated carbocycles. The maximum absolute atomic E-state index is 6.44. The average Bonchev–Trinajstić information content (AvgIpc) is 3.07. The second kappa shape index (κ2) is 5.05. The van der Waals surface area contributed by atoms with Gasteiger partial charge in [0.2, 0.25) is 0 Å². The zero-order chi connectivity index (χ0) is 14.6. The van der Waals surface area contributed by atoms with Gasteiger partial charge < -0.3 is 5.32 Å². The lowest BCUT2D eigenvalue weighted by Crippen LogP contribution is -2.29. The number of anilines is 1. The van der Waals surface area contributed by atoms with E-state index >= 15 is 0 Å². The predicted octanol–water partition coefficient (Wildman–Crippen LogP) is 6.19. The van der Waals surface area contributed by atoms with Crippen LogP contribution >= 0.6 is 34.5 Å². The molecule has 0 fully saturated rings. The van der Waals surface area contributed by atoms with Gasteiger partial charge in [-0.3, -0.25) is 0 Å². The van der Waals surface area contributed by atoms with Crippen molar-refractivity contribution in [1.29, 1.82) is 0 Å². The molecule has 3 unspecified atom stereocenters. The molecule has 0 bridgehead atoms. The molecule has 2 aliphatic rings. The molecule has 4 rings (SSSR count). The zero-order valence-electron chi connectivity index (χ0n) is 11.6. The van der Waals surface area contributed by atoms with Crippen LogP contribution < -0.4 is 5.32 Å². The van der Waals surface area contributed by atoms with E-state index in [9.17, 15) is 0 Å². The van der Waals surface area contributed by atoms with Gasteiger partial charge in [0.15, 0.2) is 0 Å². The molecule has 1 aliphatic heterocycles. The second-order valence-corrected chi connectivity index (χ2v) is 7.59. The van der Waals surface area contributed by atoms with Crippen LogP contribution in [-0.2, 0) is 0 Å². The molecule has 2 heterocycles. The Morgan fingerprint density at radius 3 is 2.90 bits per heavy atom. The molecule has 1 aliphatic carbocycles. The number of nitrogens with one attached hydrogen (secondary N) is 1. The average molecular weight is 336 g/mol. The van der Waals surface area contributed by atoms with Crippen LogP contribution in [0.3, 0.4) is 0 Å². The minimum atomic E-state index is 0.330. The fourth-order valence-electron chi connectivity index (χ4n) is 3.58. The summed E-state index contributed by atoms with van der Waals surface area (Å²) in [6, 6.07) is 6.40. The maximum atomic E-state index is 6.44. The first-order chi connectivity index (χ1) is 10.1. The zero-order valence-corrected chi connectivity index (χ0v) is 13.9. The van der Waals surface area contributed by atoms with E-state index in [1.165, 1.54) is 16.0 Å². The van der Waals surface area contributed by atoms with Crippen molar-refractivity contribution in [1.82, 2.24) is 0 Å². The summed E-state index contributed by atoms with van der Waals surface area (Å²) >= 11 is 14.5. The lowest BCUT2D eigenvalue weighted by molar-refractivity contribution is 0.429. The van der Waals surface area contributed by atoms with Crippen LogP contribution in [0.25, 0.3) is 0 Å². The summed E-state index contributed by atoms with van der Waals surface area (Å²) in [4.78, 5) is 1.42. The first kappa shape index (κ1) is 13.7. The summed E-state index contributed by atoms with van der Waals surface area (Å²) in [6.07, 6.45) is 5.70. The van der Waals surface area contributed by atoms with Crippen LogP contribution in [0, 0.1) is 12.8 Å². The summed E-state index contributed by atoms with van der Waals surface area (Å²) in [5, 5.41) is 7.29. The molecule has 1 nitrogen and oxygen atoms in total. The van der Waals surface area contributed by atoms with Gasteiger partial charge in [0.05, 0.1) is 16.8 Å². The van der Waals surface area contributed by atoms with E-state index in [0.717, 1.165) is 17.1 Å². The van der Waals surface area contributed by atoms with Gasteiger partial charge >= 0.3 is 0 Å². The summed E-state index contributed by atoms with van der Waals surface area (Å²) in [5.74, 6) is 0.952. The van der Waals surface area contributed by atoms with Gasteiger partial charge in [-0.05, 0) is 54.0 Å². The monoisotopic (exact) mass is 335 g/mol. The molecule has 21 heavy (non-hydrogen) atoms. The summed E-state index contributed by atoms with van der Waals surface area (Å²) < 4.78 is 0. The van der Waals surface area contributed by atoms with Gasteiger partial charge in [-0.15, -0.1) is 11.3 Å². The number of hydrogen-bond acceptors (Lipinski definition) is 2. The van der Waals surface area contributed by atoms with E-state index in [1.54, 1.807) is 0 Å². The standard InChI is InChI=1S/C17H15Cl2NS/c1-9-5-6-21-17(9)16-12-4-2-3-11(12)13-7-10(18)8-14(19)15(13)20-16/h2-3,5-8,11-12,16,20H,4H2,1H3. The van der Waals surface area contributed by atoms with Gasteiger partial charge in [-0.1, -0.05) is 35.4 Å². The third-order valence-electron chi connectivity index (χ3n) is 4.57. The number of halogens is 2. The quantitative estimate of drug-likeness (QED) is 0.612. The SMILES string of the molecule is Cc1ccsc1C1Nc2c(Cl)cc(Cl)cc2C2C=CCC21. The number of benzene rings is 1. The third-order valence-corrected chi connectivity index (χ3v) is 6.19. The Hall–Kier alpha value is -0.960. The Morgan fingerprint density at radius 1 is 1.29 bits per heavy atom. The molecule has 0 spiro atoms. The fraction of sp³-hybridized carbons (Fsp3) is 0.294. The van der Waals surface area contributed by atoms with Crippen molar-refractivity contribution in [2.75, 3.05) is 5.32 Å². The fourth-order valence-corrected chi connectivity index (χ4v) is 5.20. The Bertz CT molecular complexity index is 734. The minimum Gasteiger partial charge on any atom is -0.376 e. The lowest BCUT2D eigenvalue weighted by Gasteiger charge is -2.37. The third kappa shape index (κ3) is 2.12. The Labute approximate surface area is 138 Å². The van der Waals surface area contributed by atoms with E-state index in [-0.39, 0.29) is 0 Å². The first-order valence-corrected chi connectivity index (χ1v) is 8.75. The molecule has 1 aromatic carbocycles. The molecular formula is C17H15Cl2NS. The number of allylic oxidation sites excluding steroid dienone is 2. The Morgan fingerprint density at radius 2 is 2.14 bits per heavy atom. The van der Waals surface area contributed by atoms with Gasteiger partial charge in [0.25, 0.3) is 0 Å². The van der Waals surface area contributed by atoms with E-state index < -0.39 is 0 Å². The van der Waals surface area contributed by atoms with E-state index in [2.05, 4.69) is 41.9 Å². The number of aryl methyl sites for hydroxylation is 1. The highest BCUT2D eigenvalue weighted by molar-refractivity contribution is 7.10. The van der Waals surface area contributed by atoms with Crippen molar-refractivity contribution in [2.45, 2.75) is 25.3 Å². The molecule has 2 aromatic rings. The smallest absolute Gasteiger partial charge is 0.0655 e. The molecule has 108 valence electrons. The number of thiophene rings is 1. The van der Waals surface area contributed by atoms with Gasteiger partial charge in [0.1, 0.15) is 0 Å². The van der Waals surface area contributed by atoms with Crippen LogP contribution in [0.15, 0.2) is 35.7 Å². The van der Waals surface area contributed by atoms with Crippen LogP contribution in [0.4, 0.5) is 5.69 Å². The molecule has 1 aromatic heterocycles. The number of rotatable bonds is 1.